The maximum atomic E-state index is 10.1. The Morgan fingerprint density at radius 3 is 2.40 bits per heavy atom. The molecule has 90 valence electrons. The summed E-state index contributed by atoms with van der Waals surface area (Å²) in [6.45, 7) is 6.52. The van der Waals surface area contributed by atoms with Gasteiger partial charge in [0, 0.05) is 6.04 Å². The zero-order valence-electron chi connectivity index (χ0n) is 10.4. The third-order valence-corrected chi connectivity index (χ3v) is 2.50. The average Bonchev–Trinajstić information content (AvgIpc) is 2.05. The fraction of sp³-hybridized carbons (Fsp3) is 1.00. The SMILES string of the molecule is CN(C)C1CCOC(OC(C)(C)C)C1O. The highest BCUT2D eigenvalue weighted by atomic mass is 16.7. The van der Waals surface area contributed by atoms with Crippen LogP contribution in [-0.4, -0.2) is 54.7 Å². The molecular formula is C11H23NO3. The van der Waals surface area contributed by atoms with Gasteiger partial charge in [0.15, 0.2) is 6.29 Å². The zero-order chi connectivity index (χ0) is 11.6. The molecule has 0 saturated carbocycles. The fourth-order valence-electron chi connectivity index (χ4n) is 1.77. The number of hydrogen-bond acceptors (Lipinski definition) is 4. The second-order valence-corrected chi connectivity index (χ2v) is 5.28. The van der Waals surface area contributed by atoms with E-state index in [1.165, 1.54) is 0 Å². The molecule has 4 heteroatoms. The molecule has 3 atom stereocenters. The summed E-state index contributed by atoms with van der Waals surface area (Å²) in [4.78, 5) is 2.02. The number of likely N-dealkylation sites (N-methyl/N-ethyl adjacent to an activating group) is 1. The molecule has 1 N–H and O–H groups in total. The van der Waals surface area contributed by atoms with Crippen molar-refractivity contribution in [3.05, 3.63) is 0 Å². The largest absolute Gasteiger partial charge is 0.386 e. The molecule has 0 radical (unpaired) electrons. The van der Waals surface area contributed by atoms with Gasteiger partial charge in [-0.2, -0.15) is 0 Å². The van der Waals surface area contributed by atoms with Crippen LogP contribution < -0.4 is 0 Å². The van der Waals surface area contributed by atoms with Crippen LogP contribution >= 0.6 is 0 Å². The molecule has 0 amide bonds. The summed E-state index contributed by atoms with van der Waals surface area (Å²) in [5.41, 5.74) is -0.292. The minimum Gasteiger partial charge on any atom is -0.386 e. The average molecular weight is 217 g/mol. The molecule has 0 spiro atoms. The van der Waals surface area contributed by atoms with Crippen LogP contribution in [0.1, 0.15) is 27.2 Å². The van der Waals surface area contributed by atoms with E-state index < -0.39 is 12.4 Å². The van der Waals surface area contributed by atoms with Crippen molar-refractivity contribution in [2.75, 3.05) is 20.7 Å². The minimum atomic E-state index is -0.576. The lowest BCUT2D eigenvalue weighted by Gasteiger charge is -2.40. The Morgan fingerprint density at radius 2 is 1.93 bits per heavy atom. The van der Waals surface area contributed by atoms with Gasteiger partial charge < -0.3 is 19.5 Å². The molecule has 1 aliphatic heterocycles. The summed E-state index contributed by atoms with van der Waals surface area (Å²) in [6, 6.07) is 0.117. The van der Waals surface area contributed by atoms with Crippen LogP contribution in [0.4, 0.5) is 0 Å². The molecule has 0 aromatic heterocycles. The lowest BCUT2D eigenvalue weighted by Crippen LogP contribution is -2.53. The Kier molecular flexibility index (Phi) is 4.12. The van der Waals surface area contributed by atoms with Crippen molar-refractivity contribution < 1.29 is 14.6 Å². The third kappa shape index (κ3) is 3.72. The van der Waals surface area contributed by atoms with Gasteiger partial charge in [-0.25, -0.2) is 0 Å². The summed E-state index contributed by atoms with van der Waals surface area (Å²) < 4.78 is 11.1. The standard InChI is InChI=1S/C11H23NO3/c1-11(2,3)15-10-9(13)8(12(4)5)6-7-14-10/h8-10,13H,6-7H2,1-5H3. The highest BCUT2D eigenvalue weighted by Gasteiger charge is 2.36. The summed E-state index contributed by atoms with van der Waals surface area (Å²) in [7, 11) is 3.93. The van der Waals surface area contributed by atoms with Crippen molar-refractivity contribution >= 4 is 0 Å². The van der Waals surface area contributed by atoms with Gasteiger partial charge in [0.05, 0.1) is 12.2 Å². The Bertz CT molecular complexity index is 200. The predicted octanol–water partition coefficient (Wildman–Crippen LogP) is 0.839. The third-order valence-electron chi connectivity index (χ3n) is 2.50. The molecule has 1 heterocycles. The Hall–Kier alpha value is -0.160. The molecule has 3 unspecified atom stereocenters. The molecule has 0 aliphatic carbocycles. The first-order valence-electron chi connectivity index (χ1n) is 5.45. The van der Waals surface area contributed by atoms with E-state index in [0.717, 1.165) is 6.42 Å². The molecule has 1 rings (SSSR count). The van der Waals surface area contributed by atoms with Gasteiger partial charge in [-0.15, -0.1) is 0 Å². The van der Waals surface area contributed by atoms with Crippen molar-refractivity contribution in [1.29, 1.82) is 0 Å². The van der Waals surface area contributed by atoms with Crippen molar-refractivity contribution in [1.82, 2.24) is 4.90 Å². The number of rotatable bonds is 2. The van der Waals surface area contributed by atoms with Crippen LogP contribution in [0.25, 0.3) is 0 Å². The van der Waals surface area contributed by atoms with Crippen LogP contribution in [0.2, 0.25) is 0 Å². The smallest absolute Gasteiger partial charge is 0.185 e. The molecule has 4 nitrogen and oxygen atoms in total. The van der Waals surface area contributed by atoms with Crippen molar-refractivity contribution in [2.45, 2.75) is 51.2 Å². The minimum absolute atomic E-state index is 0.117. The van der Waals surface area contributed by atoms with E-state index in [0.29, 0.717) is 6.61 Å². The monoisotopic (exact) mass is 217 g/mol. The van der Waals surface area contributed by atoms with Gasteiger partial charge in [-0.05, 0) is 41.3 Å². The normalized spacial score (nSPS) is 33.4. The van der Waals surface area contributed by atoms with Crippen LogP contribution in [-0.2, 0) is 9.47 Å². The molecule has 0 aromatic rings. The number of aliphatic hydroxyl groups excluding tert-OH is 1. The molecule has 15 heavy (non-hydrogen) atoms. The lowest BCUT2D eigenvalue weighted by atomic mass is 10.0. The number of hydrogen-bond donors (Lipinski definition) is 1. The van der Waals surface area contributed by atoms with Gasteiger partial charge in [-0.3, -0.25) is 0 Å². The second-order valence-electron chi connectivity index (χ2n) is 5.28. The number of ether oxygens (including phenoxy) is 2. The van der Waals surface area contributed by atoms with E-state index in [4.69, 9.17) is 9.47 Å². The predicted molar refractivity (Wildman–Crippen MR) is 58.7 cm³/mol. The second kappa shape index (κ2) is 4.78. The maximum absolute atomic E-state index is 10.1. The molecule has 1 aliphatic rings. The fourth-order valence-corrected chi connectivity index (χ4v) is 1.77. The molecule has 0 bridgehead atoms. The van der Waals surface area contributed by atoms with Crippen LogP contribution in [0.5, 0.6) is 0 Å². The summed E-state index contributed by atoms with van der Waals surface area (Å²) >= 11 is 0. The zero-order valence-corrected chi connectivity index (χ0v) is 10.4. The molecule has 1 fully saturated rings. The molecule has 1 saturated heterocycles. The highest BCUT2D eigenvalue weighted by molar-refractivity contribution is 4.83. The lowest BCUT2D eigenvalue weighted by molar-refractivity contribution is -0.264. The first-order chi connectivity index (χ1) is 6.81. The first kappa shape index (κ1) is 12.9. The van der Waals surface area contributed by atoms with Gasteiger partial charge in [0.1, 0.15) is 6.10 Å². The summed E-state index contributed by atoms with van der Waals surface area (Å²) in [5.74, 6) is 0. The van der Waals surface area contributed by atoms with Gasteiger partial charge in [-0.1, -0.05) is 0 Å². The van der Waals surface area contributed by atoms with Crippen molar-refractivity contribution in [2.24, 2.45) is 0 Å². The molecular weight excluding hydrogens is 194 g/mol. The van der Waals surface area contributed by atoms with Gasteiger partial charge >= 0.3 is 0 Å². The van der Waals surface area contributed by atoms with E-state index in [1.807, 2.05) is 39.8 Å². The van der Waals surface area contributed by atoms with Gasteiger partial charge in [0.2, 0.25) is 0 Å². The highest BCUT2D eigenvalue weighted by Crippen LogP contribution is 2.23. The van der Waals surface area contributed by atoms with Crippen molar-refractivity contribution in [3.8, 4) is 0 Å². The van der Waals surface area contributed by atoms with E-state index in [-0.39, 0.29) is 11.6 Å². The maximum Gasteiger partial charge on any atom is 0.185 e. The van der Waals surface area contributed by atoms with E-state index >= 15 is 0 Å². The van der Waals surface area contributed by atoms with Crippen molar-refractivity contribution in [3.63, 3.8) is 0 Å². The van der Waals surface area contributed by atoms with E-state index in [2.05, 4.69) is 0 Å². The number of aliphatic hydroxyl groups is 1. The number of nitrogens with zero attached hydrogens (tertiary/aromatic N) is 1. The van der Waals surface area contributed by atoms with Crippen LogP contribution in [0, 0.1) is 0 Å². The van der Waals surface area contributed by atoms with E-state index in [9.17, 15) is 5.11 Å². The Labute approximate surface area is 92.2 Å². The molecule has 0 aromatic carbocycles. The summed E-state index contributed by atoms with van der Waals surface area (Å²) in [5, 5.41) is 10.1. The van der Waals surface area contributed by atoms with E-state index in [1.54, 1.807) is 0 Å². The quantitative estimate of drug-likeness (QED) is 0.744. The van der Waals surface area contributed by atoms with Crippen LogP contribution in [0.15, 0.2) is 0 Å². The summed E-state index contributed by atoms with van der Waals surface area (Å²) in [6.07, 6.45) is -0.239. The van der Waals surface area contributed by atoms with Crippen LogP contribution in [0.3, 0.4) is 0 Å². The topological polar surface area (TPSA) is 41.9 Å². The Balaban J connectivity index is 2.58. The Morgan fingerprint density at radius 1 is 1.33 bits per heavy atom. The van der Waals surface area contributed by atoms with Gasteiger partial charge in [0.25, 0.3) is 0 Å². The first-order valence-corrected chi connectivity index (χ1v) is 5.45.